The second-order valence-electron chi connectivity index (χ2n) is 3.31. The van der Waals surface area contributed by atoms with Crippen molar-refractivity contribution in [1.29, 1.82) is 0 Å². The summed E-state index contributed by atoms with van der Waals surface area (Å²) in [5, 5.41) is 42.6. The van der Waals surface area contributed by atoms with Crippen LogP contribution in [0.1, 0.15) is 0 Å². The van der Waals surface area contributed by atoms with Crippen LogP contribution in [0.3, 0.4) is 0 Å². The minimum absolute atomic E-state index is 0.214. The van der Waals surface area contributed by atoms with Crippen molar-refractivity contribution in [2.24, 2.45) is 0 Å². The molecule has 112 valence electrons. The van der Waals surface area contributed by atoms with Crippen LogP contribution >= 0.6 is 23.4 Å². The van der Waals surface area contributed by atoms with E-state index in [-0.39, 0.29) is 11.8 Å². The van der Waals surface area contributed by atoms with Gasteiger partial charge >= 0.3 is 4.45 Å². The average Bonchev–Trinajstić information content (AvgIpc) is 2.37. The Labute approximate surface area is 123 Å². The first-order chi connectivity index (χ1) is 9.59. The number of alkyl halides is 1. The van der Waals surface area contributed by atoms with Crippen LogP contribution in [-0.2, 0) is 0 Å². The molecule has 0 heterocycles. The van der Waals surface area contributed by atoms with Crippen molar-refractivity contribution in [1.82, 2.24) is 0 Å². The number of nitro groups is 4. The quantitative estimate of drug-likeness (QED) is 0.187. The highest BCUT2D eigenvalue weighted by atomic mass is 35.5. The zero-order valence-corrected chi connectivity index (χ0v) is 11.1. The smallest absolute Gasteiger partial charge is 0.258 e. The van der Waals surface area contributed by atoms with Gasteiger partial charge in [-0.1, -0.05) is 0 Å². The largest absolute Gasteiger partial charge is 0.592 e. The van der Waals surface area contributed by atoms with E-state index in [2.05, 4.69) is 0 Å². The van der Waals surface area contributed by atoms with E-state index in [4.69, 9.17) is 11.6 Å². The first-order valence-corrected chi connectivity index (χ1v) is 5.88. The van der Waals surface area contributed by atoms with E-state index in [9.17, 15) is 40.5 Å². The van der Waals surface area contributed by atoms with Gasteiger partial charge in [0, 0.05) is 6.07 Å². The molecule has 0 aliphatic carbocycles. The molecule has 1 aromatic rings. The van der Waals surface area contributed by atoms with Gasteiger partial charge in [-0.3, -0.25) is 40.5 Å². The number of non-ortho nitro benzene ring substituents is 1. The highest BCUT2D eigenvalue weighted by Crippen LogP contribution is 2.42. The summed E-state index contributed by atoms with van der Waals surface area (Å²) < 4.78 is -3.28. The number of rotatable bonds is 6. The number of thioether (sulfide) groups is 1. The summed E-state index contributed by atoms with van der Waals surface area (Å²) >= 11 is 5.02. The Morgan fingerprint density at radius 2 is 1.48 bits per heavy atom. The number of halogens is 1. The molecule has 0 atom stereocenters. The average molecular weight is 339 g/mol. The van der Waals surface area contributed by atoms with Crippen LogP contribution < -0.4 is 0 Å². The van der Waals surface area contributed by atoms with E-state index in [1.165, 1.54) is 0 Å². The monoisotopic (exact) mass is 338 g/mol. The predicted octanol–water partition coefficient (Wildman–Crippen LogP) is 2.00. The molecule has 0 aliphatic rings. The molecule has 0 radical (unpaired) electrons. The van der Waals surface area contributed by atoms with Crippen LogP contribution in [0.4, 0.5) is 11.4 Å². The van der Waals surface area contributed by atoms with Crippen molar-refractivity contribution >= 4 is 34.7 Å². The van der Waals surface area contributed by atoms with Gasteiger partial charge in [0.05, 0.1) is 39.3 Å². The molecule has 0 N–H and O–H groups in total. The molecule has 0 aromatic heterocycles. The molecule has 0 fully saturated rings. The molecule has 12 nitrogen and oxygen atoms in total. The highest BCUT2D eigenvalue weighted by molar-refractivity contribution is 8.01. The lowest BCUT2D eigenvalue weighted by molar-refractivity contribution is -0.732. The van der Waals surface area contributed by atoms with Crippen molar-refractivity contribution in [2.45, 2.75) is 9.35 Å². The molecule has 0 unspecified atom stereocenters. The summed E-state index contributed by atoms with van der Waals surface area (Å²) in [6, 6.07) is 2.12. The Kier molecular flexibility index (Phi) is 4.59. The van der Waals surface area contributed by atoms with Gasteiger partial charge in [0.1, 0.15) is 14.7 Å². The van der Waals surface area contributed by atoms with Crippen molar-refractivity contribution in [3.63, 3.8) is 0 Å². The fraction of sp³-hybridized carbons (Fsp3) is 0.143. The van der Waals surface area contributed by atoms with Gasteiger partial charge in [0.2, 0.25) is 0 Å². The summed E-state index contributed by atoms with van der Waals surface area (Å²) in [5.74, 6) is 0. The standard InChI is InChI=1S/C7H3ClN4O8S/c8-7(11(17)18,12(19)20)21-6-2-1-4(9(13)14)3-5(6)10(15)16/h1-3H. The fourth-order valence-electron chi connectivity index (χ4n) is 1.13. The third-order valence-corrected chi connectivity index (χ3v) is 3.67. The zero-order chi connectivity index (χ0) is 16.4. The Balaban J connectivity index is 3.37. The van der Waals surface area contributed by atoms with Gasteiger partial charge in [-0.2, -0.15) is 0 Å². The minimum Gasteiger partial charge on any atom is -0.258 e. The first kappa shape index (κ1) is 16.5. The predicted molar refractivity (Wildman–Crippen MR) is 68.2 cm³/mol. The van der Waals surface area contributed by atoms with Crippen LogP contribution in [0, 0.1) is 40.5 Å². The first-order valence-electron chi connectivity index (χ1n) is 4.69. The van der Waals surface area contributed by atoms with E-state index < -0.39 is 40.4 Å². The molecule has 1 rings (SSSR count). The van der Waals surface area contributed by atoms with Gasteiger partial charge < -0.3 is 0 Å². The Hall–Kier alpha value is -2.54. The van der Waals surface area contributed by atoms with E-state index in [0.29, 0.717) is 6.07 Å². The number of benzene rings is 1. The van der Waals surface area contributed by atoms with E-state index in [0.717, 1.165) is 12.1 Å². The van der Waals surface area contributed by atoms with Gasteiger partial charge in [-0.05, 0) is 6.07 Å². The fourth-order valence-corrected chi connectivity index (χ4v) is 2.18. The van der Waals surface area contributed by atoms with Gasteiger partial charge in [-0.15, -0.1) is 0 Å². The van der Waals surface area contributed by atoms with Crippen molar-refractivity contribution in [3.8, 4) is 0 Å². The SMILES string of the molecule is O=[N+]([O-])c1ccc(SC(Cl)([N+](=O)[O-])[N+](=O)[O-])c([N+](=O)[O-])c1. The van der Waals surface area contributed by atoms with Crippen LogP contribution in [0.15, 0.2) is 23.1 Å². The Morgan fingerprint density at radius 1 is 0.952 bits per heavy atom. The summed E-state index contributed by atoms with van der Waals surface area (Å²) in [5.41, 5.74) is -1.55. The second kappa shape index (κ2) is 5.84. The Bertz CT molecular complexity index is 638. The zero-order valence-electron chi connectivity index (χ0n) is 9.57. The number of hydrogen-bond donors (Lipinski definition) is 0. The summed E-state index contributed by atoms with van der Waals surface area (Å²) in [6.07, 6.45) is 0. The molecule has 14 heteroatoms. The molecule has 0 spiro atoms. The third-order valence-electron chi connectivity index (χ3n) is 2.04. The maximum Gasteiger partial charge on any atom is 0.592 e. The van der Waals surface area contributed by atoms with Gasteiger partial charge in [0.15, 0.2) is 0 Å². The molecule has 0 aliphatic heterocycles. The van der Waals surface area contributed by atoms with Crippen molar-refractivity contribution in [2.75, 3.05) is 0 Å². The van der Waals surface area contributed by atoms with Gasteiger partial charge in [0.25, 0.3) is 11.4 Å². The molecule has 0 saturated heterocycles. The summed E-state index contributed by atoms with van der Waals surface area (Å²) in [4.78, 5) is 37.2. The summed E-state index contributed by atoms with van der Waals surface area (Å²) in [6.45, 7) is 0. The lowest BCUT2D eigenvalue weighted by atomic mass is 10.3. The number of hydrogen-bond acceptors (Lipinski definition) is 9. The van der Waals surface area contributed by atoms with Crippen molar-refractivity contribution in [3.05, 3.63) is 58.7 Å². The van der Waals surface area contributed by atoms with Crippen LogP contribution in [0.5, 0.6) is 0 Å². The maximum absolute atomic E-state index is 10.8. The van der Waals surface area contributed by atoms with Crippen molar-refractivity contribution < 1.29 is 19.7 Å². The van der Waals surface area contributed by atoms with E-state index in [1.54, 1.807) is 0 Å². The van der Waals surface area contributed by atoms with E-state index >= 15 is 0 Å². The topological polar surface area (TPSA) is 173 Å². The number of nitro benzene ring substituents is 2. The molecular formula is C7H3ClN4O8S. The van der Waals surface area contributed by atoms with Crippen LogP contribution in [0.2, 0.25) is 0 Å². The summed E-state index contributed by atoms with van der Waals surface area (Å²) in [7, 11) is 0. The van der Waals surface area contributed by atoms with Crippen LogP contribution in [-0.4, -0.2) is 24.1 Å². The highest BCUT2D eigenvalue weighted by Gasteiger charge is 2.57. The maximum atomic E-state index is 10.8. The lowest BCUT2D eigenvalue weighted by Crippen LogP contribution is -2.36. The van der Waals surface area contributed by atoms with E-state index in [1.807, 2.05) is 0 Å². The molecule has 1 aromatic carbocycles. The van der Waals surface area contributed by atoms with Crippen LogP contribution in [0.25, 0.3) is 0 Å². The third kappa shape index (κ3) is 3.32. The molecule has 0 bridgehead atoms. The molecule has 0 amide bonds. The lowest BCUT2D eigenvalue weighted by Gasteiger charge is -2.08. The molecule has 21 heavy (non-hydrogen) atoms. The normalized spacial score (nSPS) is 10.9. The number of nitrogens with zero attached hydrogens (tertiary/aromatic N) is 4. The minimum atomic E-state index is -3.28. The Morgan fingerprint density at radius 3 is 1.86 bits per heavy atom. The second-order valence-corrected chi connectivity index (χ2v) is 5.28. The van der Waals surface area contributed by atoms with Gasteiger partial charge in [-0.25, -0.2) is 0 Å². The molecular weight excluding hydrogens is 336 g/mol. The molecule has 0 saturated carbocycles.